The average molecular weight is 334 g/mol. The van der Waals surface area contributed by atoms with Crippen molar-refractivity contribution in [3.8, 4) is 5.69 Å². The Morgan fingerprint density at radius 3 is 2.88 bits per heavy atom. The van der Waals surface area contributed by atoms with Crippen molar-refractivity contribution in [1.29, 1.82) is 0 Å². The largest absolute Gasteiger partial charge is 0.371 e. The minimum atomic E-state index is -0.124. The summed E-state index contributed by atoms with van der Waals surface area (Å²) in [7, 11) is 0. The summed E-state index contributed by atoms with van der Waals surface area (Å²) in [6, 6.07) is 15.6. The Hall–Kier alpha value is -2.99. The highest BCUT2D eigenvalue weighted by molar-refractivity contribution is 5.94. The van der Waals surface area contributed by atoms with Gasteiger partial charge in [-0.25, -0.2) is 0 Å². The molecule has 1 aliphatic rings. The third kappa shape index (κ3) is 3.29. The monoisotopic (exact) mass is 334 g/mol. The van der Waals surface area contributed by atoms with Crippen molar-refractivity contribution >= 4 is 5.91 Å². The molecule has 1 aliphatic heterocycles. The smallest absolute Gasteiger partial charge is 0.251 e. The third-order valence-corrected chi connectivity index (χ3v) is 4.37. The summed E-state index contributed by atoms with van der Waals surface area (Å²) in [6.07, 6.45) is 4.02. The van der Waals surface area contributed by atoms with Crippen LogP contribution in [0.4, 0.5) is 0 Å². The van der Waals surface area contributed by atoms with Crippen molar-refractivity contribution in [2.24, 2.45) is 0 Å². The zero-order valence-corrected chi connectivity index (χ0v) is 13.6. The topological polar surface area (TPSA) is 69.0 Å². The van der Waals surface area contributed by atoms with E-state index in [1.165, 1.54) is 5.56 Å². The van der Waals surface area contributed by atoms with E-state index in [1.807, 2.05) is 30.3 Å². The Morgan fingerprint density at radius 2 is 2.00 bits per heavy atom. The van der Waals surface area contributed by atoms with Crippen LogP contribution in [-0.2, 0) is 11.2 Å². The number of carbonyl (C=O) groups excluding carboxylic acids is 1. The van der Waals surface area contributed by atoms with Crippen LogP contribution >= 0.6 is 0 Å². The van der Waals surface area contributed by atoms with Gasteiger partial charge in [-0.05, 0) is 35.7 Å². The first kappa shape index (κ1) is 15.5. The molecule has 126 valence electrons. The van der Waals surface area contributed by atoms with E-state index >= 15 is 0 Å². The first-order chi connectivity index (χ1) is 12.3. The van der Waals surface area contributed by atoms with Crippen LogP contribution in [0.5, 0.6) is 0 Å². The molecule has 1 N–H and O–H groups in total. The summed E-state index contributed by atoms with van der Waals surface area (Å²) >= 11 is 0. The predicted octanol–water partition coefficient (Wildman–Crippen LogP) is 2.31. The van der Waals surface area contributed by atoms with Crippen molar-refractivity contribution in [2.45, 2.75) is 12.5 Å². The summed E-state index contributed by atoms with van der Waals surface area (Å²) in [4.78, 5) is 12.5. The second kappa shape index (κ2) is 6.86. The first-order valence-electron chi connectivity index (χ1n) is 8.24. The summed E-state index contributed by atoms with van der Waals surface area (Å²) in [6.45, 7) is 1.13. The molecule has 0 bridgehead atoms. The Balaban J connectivity index is 1.46. The molecule has 1 unspecified atom stereocenters. The van der Waals surface area contributed by atoms with Crippen LogP contribution in [0.15, 0.2) is 61.2 Å². The van der Waals surface area contributed by atoms with Crippen molar-refractivity contribution in [3.05, 3.63) is 77.9 Å². The molecule has 0 saturated heterocycles. The van der Waals surface area contributed by atoms with Gasteiger partial charge in [0.05, 0.1) is 6.61 Å². The highest BCUT2D eigenvalue weighted by Gasteiger charge is 2.21. The summed E-state index contributed by atoms with van der Waals surface area (Å²) in [5.74, 6) is -0.124. The molecule has 25 heavy (non-hydrogen) atoms. The van der Waals surface area contributed by atoms with E-state index < -0.39 is 0 Å². The molecule has 6 nitrogen and oxygen atoms in total. The molecule has 0 radical (unpaired) electrons. The highest BCUT2D eigenvalue weighted by atomic mass is 16.5. The standard InChI is InChI=1S/C19H18N4O2/c24-19(15-5-3-6-16(10-15)23-12-21-22-13-23)20-11-18-17-7-2-1-4-14(17)8-9-25-18/h1-7,10,12-13,18H,8-9,11H2,(H,20,24). The normalized spacial score (nSPS) is 16.2. The maximum absolute atomic E-state index is 12.5. The second-order valence-corrected chi connectivity index (χ2v) is 5.94. The van der Waals surface area contributed by atoms with Gasteiger partial charge in [-0.3, -0.25) is 9.36 Å². The fourth-order valence-corrected chi connectivity index (χ4v) is 3.08. The molecule has 6 heteroatoms. The van der Waals surface area contributed by atoms with E-state index in [2.05, 4.69) is 27.6 Å². The van der Waals surface area contributed by atoms with Crippen molar-refractivity contribution in [2.75, 3.05) is 13.2 Å². The fraction of sp³-hybridized carbons (Fsp3) is 0.211. The van der Waals surface area contributed by atoms with Gasteiger partial charge in [0.25, 0.3) is 5.91 Å². The number of benzene rings is 2. The van der Waals surface area contributed by atoms with Gasteiger partial charge in [0.15, 0.2) is 0 Å². The van der Waals surface area contributed by atoms with E-state index in [0.29, 0.717) is 18.7 Å². The number of ether oxygens (including phenoxy) is 1. The van der Waals surface area contributed by atoms with E-state index in [9.17, 15) is 4.79 Å². The molecule has 0 aliphatic carbocycles. The number of aromatic nitrogens is 3. The Kier molecular flexibility index (Phi) is 4.26. The Bertz CT molecular complexity index is 877. The Morgan fingerprint density at radius 1 is 1.16 bits per heavy atom. The molecule has 0 spiro atoms. The zero-order valence-electron chi connectivity index (χ0n) is 13.6. The molecule has 2 aromatic carbocycles. The van der Waals surface area contributed by atoms with Crippen LogP contribution < -0.4 is 5.32 Å². The zero-order chi connectivity index (χ0) is 17.1. The highest BCUT2D eigenvalue weighted by Crippen LogP contribution is 2.26. The molecule has 1 atom stereocenters. The summed E-state index contributed by atoms with van der Waals surface area (Å²) < 4.78 is 7.60. The van der Waals surface area contributed by atoms with Gasteiger partial charge >= 0.3 is 0 Å². The number of hydrogen-bond acceptors (Lipinski definition) is 4. The molecular weight excluding hydrogens is 316 g/mol. The van der Waals surface area contributed by atoms with Crippen LogP contribution in [0.2, 0.25) is 0 Å². The van der Waals surface area contributed by atoms with Gasteiger partial charge in [0.1, 0.15) is 18.8 Å². The van der Waals surface area contributed by atoms with E-state index in [4.69, 9.17) is 4.74 Å². The minimum absolute atomic E-state index is 0.102. The molecule has 4 rings (SSSR count). The molecular formula is C19H18N4O2. The molecule has 1 aromatic heterocycles. The van der Waals surface area contributed by atoms with Crippen LogP contribution in [0.1, 0.15) is 27.6 Å². The molecule has 0 saturated carbocycles. The predicted molar refractivity (Wildman–Crippen MR) is 92.5 cm³/mol. The maximum atomic E-state index is 12.5. The summed E-state index contributed by atoms with van der Waals surface area (Å²) in [5, 5.41) is 10.6. The first-order valence-corrected chi connectivity index (χ1v) is 8.24. The SMILES string of the molecule is O=C(NCC1OCCc2ccccc21)c1cccc(-n2cnnc2)c1. The molecule has 2 heterocycles. The van der Waals surface area contributed by atoms with Crippen LogP contribution in [0, 0.1) is 0 Å². The lowest BCUT2D eigenvalue weighted by Gasteiger charge is -2.26. The van der Waals surface area contributed by atoms with Crippen LogP contribution in [-0.4, -0.2) is 33.8 Å². The number of nitrogens with zero attached hydrogens (tertiary/aromatic N) is 3. The van der Waals surface area contributed by atoms with Gasteiger partial charge in [-0.1, -0.05) is 30.3 Å². The van der Waals surface area contributed by atoms with E-state index in [-0.39, 0.29) is 12.0 Å². The third-order valence-electron chi connectivity index (χ3n) is 4.37. The Labute approximate surface area is 145 Å². The number of carbonyl (C=O) groups is 1. The van der Waals surface area contributed by atoms with Gasteiger partial charge in [-0.15, -0.1) is 10.2 Å². The van der Waals surface area contributed by atoms with Crippen LogP contribution in [0.25, 0.3) is 5.69 Å². The molecule has 1 amide bonds. The lowest BCUT2D eigenvalue weighted by Crippen LogP contribution is -2.31. The number of hydrogen-bond donors (Lipinski definition) is 1. The quantitative estimate of drug-likeness (QED) is 0.795. The average Bonchev–Trinajstić information content (AvgIpc) is 3.21. The number of amides is 1. The number of fused-ring (bicyclic) bond motifs is 1. The lowest BCUT2D eigenvalue weighted by atomic mass is 9.97. The lowest BCUT2D eigenvalue weighted by molar-refractivity contribution is 0.0411. The minimum Gasteiger partial charge on any atom is -0.371 e. The van der Waals surface area contributed by atoms with Crippen molar-refractivity contribution in [1.82, 2.24) is 20.1 Å². The van der Waals surface area contributed by atoms with Gasteiger partial charge < -0.3 is 10.1 Å². The van der Waals surface area contributed by atoms with E-state index in [0.717, 1.165) is 17.7 Å². The van der Waals surface area contributed by atoms with Gasteiger partial charge in [0.2, 0.25) is 0 Å². The molecule has 3 aromatic rings. The molecule has 0 fully saturated rings. The fourth-order valence-electron chi connectivity index (χ4n) is 3.08. The van der Waals surface area contributed by atoms with Crippen molar-refractivity contribution < 1.29 is 9.53 Å². The van der Waals surface area contributed by atoms with Gasteiger partial charge in [-0.2, -0.15) is 0 Å². The van der Waals surface area contributed by atoms with E-state index in [1.54, 1.807) is 23.3 Å². The summed E-state index contributed by atoms with van der Waals surface area (Å²) in [5.41, 5.74) is 3.89. The number of rotatable bonds is 4. The maximum Gasteiger partial charge on any atom is 0.251 e. The second-order valence-electron chi connectivity index (χ2n) is 5.94. The number of nitrogens with one attached hydrogen (secondary N) is 1. The van der Waals surface area contributed by atoms with Gasteiger partial charge in [0, 0.05) is 17.8 Å². The van der Waals surface area contributed by atoms with Crippen LogP contribution in [0.3, 0.4) is 0 Å². The van der Waals surface area contributed by atoms with Crippen molar-refractivity contribution in [3.63, 3.8) is 0 Å².